The van der Waals surface area contributed by atoms with Crippen molar-refractivity contribution in [2.24, 2.45) is 13.0 Å². The Bertz CT molecular complexity index is 586. The molecule has 1 heterocycles. The maximum absolute atomic E-state index is 12.0. The average Bonchev–Trinajstić information content (AvgIpc) is 2.66. The summed E-state index contributed by atoms with van der Waals surface area (Å²) >= 11 is 0. The number of sulfonamides is 1. The quantitative estimate of drug-likeness (QED) is 0.693. The molecule has 8 heteroatoms. The summed E-state index contributed by atoms with van der Waals surface area (Å²) in [6, 6.07) is 1.13. The molecule has 0 saturated heterocycles. The zero-order valence-electron chi connectivity index (χ0n) is 10.4. The third kappa shape index (κ3) is 2.96. The van der Waals surface area contributed by atoms with Gasteiger partial charge in [0.05, 0.1) is 6.10 Å². The van der Waals surface area contributed by atoms with E-state index in [-0.39, 0.29) is 29.2 Å². The number of hydrogen-bond donors (Lipinski definition) is 3. The van der Waals surface area contributed by atoms with Crippen LogP contribution in [0.1, 0.15) is 23.3 Å². The third-order valence-corrected chi connectivity index (χ3v) is 4.67. The number of carboxylic acids is 1. The molecule has 1 aromatic rings. The fourth-order valence-corrected chi connectivity index (χ4v) is 3.26. The molecule has 1 saturated carbocycles. The summed E-state index contributed by atoms with van der Waals surface area (Å²) < 4.78 is 27.6. The third-order valence-electron chi connectivity index (χ3n) is 3.28. The van der Waals surface area contributed by atoms with Crippen molar-refractivity contribution in [2.75, 3.05) is 6.54 Å². The number of rotatable bonds is 5. The molecule has 0 unspecified atom stereocenters. The van der Waals surface area contributed by atoms with Gasteiger partial charge in [-0.25, -0.2) is 17.9 Å². The van der Waals surface area contributed by atoms with E-state index in [1.807, 2.05) is 0 Å². The van der Waals surface area contributed by atoms with E-state index in [0.29, 0.717) is 12.8 Å². The first-order valence-electron chi connectivity index (χ1n) is 5.87. The van der Waals surface area contributed by atoms with Gasteiger partial charge in [0.1, 0.15) is 10.6 Å². The molecule has 7 nitrogen and oxygen atoms in total. The molecule has 1 aliphatic carbocycles. The number of carboxylic acid groups (broad SMARTS) is 1. The molecule has 19 heavy (non-hydrogen) atoms. The molecule has 0 amide bonds. The van der Waals surface area contributed by atoms with Gasteiger partial charge in [-0.3, -0.25) is 0 Å². The van der Waals surface area contributed by atoms with Gasteiger partial charge < -0.3 is 14.8 Å². The fraction of sp³-hybridized carbons (Fsp3) is 0.545. The second-order valence-corrected chi connectivity index (χ2v) is 6.59. The molecule has 1 aromatic heterocycles. The van der Waals surface area contributed by atoms with E-state index in [1.54, 1.807) is 0 Å². The van der Waals surface area contributed by atoms with E-state index in [0.717, 1.165) is 6.07 Å². The fourth-order valence-electron chi connectivity index (χ4n) is 2.07. The molecule has 0 spiro atoms. The summed E-state index contributed by atoms with van der Waals surface area (Å²) in [7, 11) is -2.22. The second kappa shape index (κ2) is 4.95. The predicted octanol–water partition coefficient (Wildman–Crippen LogP) is -0.228. The van der Waals surface area contributed by atoms with Crippen LogP contribution >= 0.6 is 0 Å². The predicted molar refractivity (Wildman–Crippen MR) is 66.3 cm³/mol. The van der Waals surface area contributed by atoms with Crippen molar-refractivity contribution in [2.45, 2.75) is 23.8 Å². The van der Waals surface area contributed by atoms with Crippen molar-refractivity contribution < 1.29 is 23.4 Å². The Morgan fingerprint density at radius 3 is 2.63 bits per heavy atom. The van der Waals surface area contributed by atoms with Crippen LogP contribution in [0.2, 0.25) is 0 Å². The highest BCUT2D eigenvalue weighted by molar-refractivity contribution is 7.89. The summed E-state index contributed by atoms with van der Waals surface area (Å²) in [6.07, 6.45) is 2.13. The first-order chi connectivity index (χ1) is 8.79. The number of aliphatic hydroxyl groups excluding tert-OH is 1. The van der Waals surface area contributed by atoms with Crippen molar-refractivity contribution in [3.63, 3.8) is 0 Å². The van der Waals surface area contributed by atoms with Crippen molar-refractivity contribution in [1.82, 2.24) is 9.29 Å². The van der Waals surface area contributed by atoms with Crippen LogP contribution in [0, 0.1) is 5.92 Å². The lowest BCUT2D eigenvalue weighted by Gasteiger charge is -2.31. The molecule has 1 fully saturated rings. The summed E-state index contributed by atoms with van der Waals surface area (Å²) in [5.41, 5.74) is -0.0839. The average molecular weight is 288 g/mol. The molecule has 3 N–H and O–H groups in total. The maximum atomic E-state index is 12.0. The molecule has 0 aromatic carbocycles. The van der Waals surface area contributed by atoms with E-state index in [2.05, 4.69) is 4.72 Å². The Morgan fingerprint density at radius 1 is 1.53 bits per heavy atom. The Labute approximate surface area is 110 Å². The van der Waals surface area contributed by atoms with Crippen molar-refractivity contribution >= 4 is 16.0 Å². The Kier molecular flexibility index (Phi) is 3.66. The van der Waals surface area contributed by atoms with Gasteiger partial charge >= 0.3 is 5.97 Å². The zero-order valence-corrected chi connectivity index (χ0v) is 11.2. The maximum Gasteiger partial charge on any atom is 0.352 e. The highest BCUT2D eigenvalue weighted by atomic mass is 32.2. The van der Waals surface area contributed by atoms with Gasteiger partial charge in [0.2, 0.25) is 10.0 Å². The van der Waals surface area contributed by atoms with Crippen LogP contribution < -0.4 is 4.72 Å². The van der Waals surface area contributed by atoms with Crippen LogP contribution in [0.5, 0.6) is 0 Å². The van der Waals surface area contributed by atoms with Gasteiger partial charge in [0, 0.05) is 19.8 Å². The molecule has 0 aliphatic heterocycles. The summed E-state index contributed by atoms with van der Waals surface area (Å²) in [5.74, 6) is -1.03. The summed E-state index contributed by atoms with van der Waals surface area (Å²) in [4.78, 5) is 10.8. The topological polar surface area (TPSA) is 109 Å². The van der Waals surface area contributed by atoms with Gasteiger partial charge in [0.25, 0.3) is 0 Å². The van der Waals surface area contributed by atoms with E-state index in [9.17, 15) is 13.2 Å². The smallest absolute Gasteiger partial charge is 0.352 e. The Hall–Kier alpha value is -1.38. The Balaban J connectivity index is 2.06. The van der Waals surface area contributed by atoms with Gasteiger partial charge in [0.15, 0.2) is 0 Å². The molecular formula is C11H16N2O5S. The van der Waals surface area contributed by atoms with Crippen LogP contribution in [-0.4, -0.2) is 41.8 Å². The molecule has 1 aliphatic rings. The Morgan fingerprint density at radius 2 is 2.16 bits per heavy atom. The zero-order chi connectivity index (χ0) is 14.2. The minimum atomic E-state index is -3.70. The number of hydrogen-bond acceptors (Lipinski definition) is 4. The SMILES string of the molecule is Cn1cc(S(=O)(=O)NCC2CC(O)C2)cc1C(=O)O. The lowest BCUT2D eigenvalue weighted by atomic mass is 9.83. The summed E-state index contributed by atoms with van der Waals surface area (Å²) in [6.45, 7) is 0.261. The van der Waals surface area contributed by atoms with Crippen LogP contribution in [0.25, 0.3) is 0 Å². The molecule has 0 radical (unpaired) electrons. The lowest BCUT2D eigenvalue weighted by molar-refractivity contribution is 0.0453. The molecule has 106 valence electrons. The van der Waals surface area contributed by atoms with Gasteiger partial charge in [-0.05, 0) is 24.8 Å². The molecular weight excluding hydrogens is 272 g/mol. The minimum absolute atomic E-state index is 0.0627. The number of aromatic nitrogens is 1. The standard InChI is InChI=1S/C11H16N2O5S/c1-13-6-9(4-10(13)11(15)16)19(17,18)12-5-7-2-8(14)3-7/h4,6-8,12,14H,2-3,5H2,1H3,(H,15,16). The minimum Gasteiger partial charge on any atom is -0.477 e. The highest BCUT2D eigenvalue weighted by Crippen LogP contribution is 2.26. The number of aliphatic hydroxyl groups is 1. The number of aryl methyl sites for hydroxylation is 1. The molecule has 0 bridgehead atoms. The first kappa shape index (κ1) is 14.0. The van der Waals surface area contributed by atoms with Gasteiger partial charge in [-0.2, -0.15) is 0 Å². The van der Waals surface area contributed by atoms with E-state index < -0.39 is 16.0 Å². The van der Waals surface area contributed by atoms with Gasteiger partial charge in [-0.15, -0.1) is 0 Å². The van der Waals surface area contributed by atoms with Crippen LogP contribution in [0.4, 0.5) is 0 Å². The number of nitrogens with zero attached hydrogens (tertiary/aromatic N) is 1. The van der Waals surface area contributed by atoms with E-state index >= 15 is 0 Å². The lowest BCUT2D eigenvalue weighted by Crippen LogP contribution is -2.38. The van der Waals surface area contributed by atoms with Crippen LogP contribution in [-0.2, 0) is 17.1 Å². The van der Waals surface area contributed by atoms with Crippen LogP contribution in [0.3, 0.4) is 0 Å². The number of aromatic carboxylic acids is 1. The van der Waals surface area contributed by atoms with E-state index in [4.69, 9.17) is 10.2 Å². The largest absolute Gasteiger partial charge is 0.477 e. The van der Waals surface area contributed by atoms with Crippen molar-refractivity contribution in [3.05, 3.63) is 18.0 Å². The highest BCUT2D eigenvalue weighted by Gasteiger charge is 2.29. The monoisotopic (exact) mass is 288 g/mol. The van der Waals surface area contributed by atoms with Crippen molar-refractivity contribution in [1.29, 1.82) is 0 Å². The summed E-state index contributed by atoms with van der Waals surface area (Å²) in [5, 5.41) is 18.0. The van der Waals surface area contributed by atoms with Crippen molar-refractivity contribution in [3.8, 4) is 0 Å². The molecule has 0 atom stereocenters. The van der Waals surface area contributed by atoms with E-state index in [1.165, 1.54) is 17.8 Å². The van der Waals surface area contributed by atoms with Gasteiger partial charge in [-0.1, -0.05) is 0 Å². The second-order valence-electron chi connectivity index (χ2n) is 4.82. The number of nitrogens with one attached hydrogen (secondary N) is 1. The molecule has 2 rings (SSSR count). The normalized spacial score (nSPS) is 23.1. The van der Waals surface area contributed by atoms with Crippen LogP contribution in [0.15, 0.2) is 17.2 Å². The number of carbonyl (C=O) groups is 1. The first-order valence-corrected chi connectivity index (χ1v) is 7.35.